The van der Waals surface area contributed by atoms with Gasteiger partial charge in [-0.3, -0.25) is 9.59 Å². The highest BCUT2D eigenvalue weighted by Crippen LogP contribution is 2.23. The van der Waals surface area contributed by atoms with Crippen molar-refractivity contribution >= 4 is 39.1 Å². The minimum atomic E-state index is -3.19. The predicted molar refractivity (Wildman–Crippen MR) is 111 cm³/mol. The average Bonchev–Trinajstić information content (AvgIpc) is 2.98. The van der Waals surface area contributed by atoms with Gasteiger partial charge in [0.25, 0.3) is 5.91 Å². The minimum absolute atomic E-state index is 0.00372. The second-order valence-electron chi connectivity index (χ2n) is 7.41. The van der Waals surface area contributed by atoms with E-state index in [1.807, 2.05) is 0 Å². The summed E-state index contributed by atoms with van der Waals surface area (Å²) in [7, 11) is -3.19. The molecule has 0 radical (unpaired) electrons. The van der Waals surface area contributed by atoms with Crippen molar-refractivity contribution in [1.82, 2.24) is 5.32 Å². The van der Waals surface area contributed by atoms with Crippen LogP contribution in [0.1, 0.15) is 39.6 Å². The molecule has 0 aromatic heterocycles. The van der Waals surface area contributed by atoms with Crippen LogP contribution in [-0.4, -0.2) is 49.7 Å². The number of hydrogen-bond acceptors (Lipinski definition) is 6. The lowest BCUT2D eigenvalue weighted by molar-refractivity contribution is -0.125. The van der Waals surface area contributed by atoms with E-state index in [9.17, 15) is 22.8 Å². The summed E-state index contributed by atoms with van der Waals surface area (Å²) in [6, 6.07) is 12.4. The van der Waals surface area contributed by atoms with E-state index in [2.05, 4.69) is 5.32 Å². The topological polar surface area (TPSA) is 107 Å². The van der Waals surface area contributed by atoms with Gasteiger partial charge in [0.2, 0.25) is 0 Å². The van der Waals surface area contributed by atoms with Crippen LogP contribution in [-0.2, 0) is 19.4 Å². The van der Waals surface area contributed by atoms with Crippen LogP contribution in [0.2, 0.25) is 5.02 Å². The molecular weight excluding hydrogens is 430 g/mol. The zero-order valence-electron chi connectivity index (χ0n) is 16.2. The Balaban J connectivity index is 1.67. The van der Waals surface area contributed by atoms with Crippen molar-refractivity contribution in [3.63, 3.8) is 0 Å². The Kier molecular flexibility index (Phi) is 6.28. The number of nitrogens with one attached hydrogen (secondary N) is 1. The van der Waals surface area contributed by atoms with E-state index in [4.69, 9.17) is 16.3 Å². The summed E-state index contributed by atoms with van der Waals surface area (Å²) in [6.07, 6.45) is 0.299. The smallest absolute Gasteiger partial charge is 0.339 e. The van der Waals surface area contributed by atoms with Gasteiger partial charge in [0.1, 0.15) is 0 Å². The summed E-state index contributed by atoms with van der Waals surface area (Å²) in [5.41, 5.74) is -0.364. The van der Waals surface area contributed by atoms with Crippen molar-refractivity contribution in [3.8, 4) is 0 Å². The normalized spacial score (nSPS) is 19.8. The van der Waals surface area contributed by atoms with E-state index in [1.165, 1.54) is 12.1 Å². The maximum Gasteiger partial charge on any atom is 0.339 e. The monoisotopic (exact) mass is 449 g/mol. The van der Waals surface area contributed by atoms with Crippen LogP contribution in [0.15, 0.2) is 48.5 Å². The molecule has 1 unspecified atom stereocenters. The third-order valence-corrected chi connectivity index (χ3v) is 6.93. The van der Waals surface area contributed by atoms with Crippen LogP contribution in [0.5, 0.6) is 0 Å². The number of halogens is 1. The molecule has 3 rings (SSSR count). The van der Waals surface area contributed by atoms with Crippen molar-refractivity contribution in [2.24, 2.45) is 0 Å². The molecule has 0 aliphatic carbocycles. The molecule has 0 spiro atoms. The van der Waals surface area contributed by atoms with Gasteiger partial charge in [-0.25, -0.2) is 13.2 Å². The van der Waals surface area contributed by atoms with Gasteiger partial charge in [-0.1, -0.05) is 29.8 Å². The molecule has 1 fully saturated rings. The number of esters is 1. The highest BCUT2D eigenvalue weighted by molar-refractivity contribution is 7.91. The number of rotatable bonds is 6. The molecular formula is C21H20ClNO6S. The summed E-state index contributed by atoms with van der Waals surface area (Å²) in [6.45, 7) is 1.05. The van der Waals surface area contributed by atoms with E-state index >= 15 is 0 Å². The zero-order chi connectivity index (χ0) is 21.9. The molecule has 0 bridgehead atoms. The van der Waals surface area contributed by atoms with Crippen molar-refractivity contribution in [2.75, 3.05) is 18.1 Å². The fourth-order valence-electron chi connectivity index (χ4n) is 3.31. The molecule has 2 aromatic carbocycles. The number of benzene rings is 2. The fraction of sp³-hybridized carbons (Fsp3) is 0.286. The van der Waals surface area contributed by atoms with E-state index in [0.717, 1.165) is 0 Å². The van der Waals surface area contributed by atoms with E-state index in [-0.39, 0.29) is 28.4 Å². The molecule has 9 heteroatoms. The zero-order valence-corrected chi connectivity index (χ0v) is 17.8. The van der Waals surface area contributed by atoms with E-state index < -0.39 is 33.9 Å². The summed E-state index contributed by atoms with van der Waals surface area (Å²) in [5, 5.41) is 3.09. The molecule has 30 heavy (non-hydrogen) atoms. The summed E-state index contributed by atoms with van der Waals surface area (Å²) >= 11 is 5.84. The SMILES string of the molecule is CC1(NC(=O)COC(=O)c2ccccc2C(=O)c2ccc(Cl)cc2)CCS(=O)(=O)C1. The molecule has 1 atom stereocenters. The maximum absolute atomic E-state index is 12.8. The van der Waals surface area contributed by atoms with Gasteiger partial charge in [-0.15, -0.1) is 0 Å². The van der Waals surface area contributed by atoms with Gasteiger partial charge in [0.15, 0.2) is 22.2 Å². The molecule has 1 aliphatic rings. The Morgan fingerprint density at radius 2 is 1.70 bits per heavy atom. The highest BCUT2D eigenvalue weighted by atomic mass is 35.5. The Morgan fingerprint density at radius 1 is 1.07 bits per heavy atom. The lowest BCUT2D eigenvalue weighted by Gasteiger charge is -2.23. The lowest BCUT2D eigenvalue weighted by Crippen LogP contribution is -2.48. The largest absolute Gasteiger partial charge is 0.452 e. The van der Waals surface area contributed by atoms with Gasteiger partial charge < -0.3 is 10.1 Å². The van der Waals surface area contributed by atoms with Crippen LogP contribution in [0.4, 0.5) is 0 Å². The van der Waals surface area contributed by atoms with E-state index in [0.29, 0.717) is 17.0 Å². The molecule has 0 saturated carbocycles. The molecule has 2 aromatic rings. The molecule has 1 amide bonds. The van der Waals surface area contributed by atoms with Crippen LogP contribution < -0.4 is 5.32 Å². The summed E-state index contributed by atoms with van der Waals surface area (Å²) in [4.78, 5) is 37.4. The van der Waals surface area contributed by atoms with E-state index in [1.54, 1.807) is 43.3 Å². The van der Waals surface area contributed by atoms with Crippen molar-refractivity contribution in [1.29, 1.82) is 0 Å². The van der Waals surface area contributed by atoms with Crippen LogP contribution >= 0.6 is 11.6 Å². The number of ketones is 1. The van der Waals surface area contributed by atoms with Crippen LogP contribution in [0.25, 0.3) is 0 Å². The van der Waals surface area contributed by atoms with Crippen molar-refractivity contribution in [3.05, 3.63) is 70.2 Å². The number of ether oxygens (including phenoxy) is 1. The van der Waals surface area contributed by atoms with Gasteiger partial charge in [-0.2, -0.15) is 0 Å². The standard InChI is InChI=1S/C21H20ClNO6S/c1-21(10-11-30(27,28)13-21)23-18(24)12-29-20(26)17-5-3-2-4-16(17)19(25)14-6-8-15(22)9-7-14/h2-9H,10-13H2,1H3,(H,23,24). The van der Waals surface area contributed by atoms with Crippen molar-refractivity contribution in [2.45, 2.75) is 18.9 Å². The molecule has 1 N–H and O–H groups in total. The second kappa shape index (κ2) is 8.57. The number of sulfone groups is 1. The van der Waals surface area contributed by atoms with Gasteiger partial charge in [0.05, 0.1) is 22.6 Å². The summed E-state index contributed by atoms with van der Waals surface area (Å²) < 4.78 is 28.3. The average molecular weight is 450 g/mol. The first-order chi connectivity index (χ1) is 14.1. The van der Waals surface area contributed by atoms with Crippen LogP contribution in [0, 0.1) is 0 Å². The van der Waals surface area contributed by atoms with Crippen LogP contribution in [0.3, 0.4) is 0 Å². The number of carbonyl (C=O) groups excluding carboxylic acids is 3. The number of hydrogen-bond donors (Lipinski definition) is 1. The summed E-state index contributed by atoms with van der Waals surface area (Å²) in [5.74, 6) is -1.97. The maximum atomic E-state index is 12.8. The lowest BCUT2D eigenvalue weighted by atomic mass is 9.98. The molecule has 158 valence electrons. The third kappa shape index (κ3) is 5.25. The predicted octanol–water partition coefficient (Wildman–Crippen LogP) is 2.42. The number of amides is 1. The molecule has 1 aliphatic heterocycles. The Bertz CT molecular complexity index is 1100. The molecule has 7 nitrogen and oxygen atoms in total. The quantitative estimate of drug-likeness (QED) is 0.536. The number of carbonyl (C=O) groups is 3. The van der Waals surface area contributed by atoms with Crippen molar-refractivity contribution < 1.29 is 27.5 Å². The first-order valence-corrected chi connectivity index (χ1v) is 11.4. The Hall–Kier alpha value is -2.71. The Labute approximate surface area is 179 Å². The second-order valence-corrected chi connectivity index (χ2v) is 10.0. The fourth-order valence-corrected chi connectivity index (χ4v) is 5.53. The first kappa shape index (κ1) is 22.0. The Morgan fingerprint density at radius 3 is 2.30 bits per heavy atom. The first-order valence-electron chi connectivity index (χ1n) is 9.16. The third-order valence-electron chi connectivity index (χ3n) is 4.78. The highest BCUT2D eigenvalue weighted by Gasteiger charge is 2.39. The minimum Gasteiger partial charge on any atom is -0.452 e. The van der Waals surface area contributed by atoms with Gasteiger partial charge in [0, 0.05) is 16.1 Å². The van der Waals surface area contributed by atoms with Gasteiger partial charge in [-0.05, 0) is 43.7 Å². The molecule has 1 heterocycles. The molecule has 1 saturated heterocycles. The van der Waals surface area contributed by atoms with Gasteiger partial charge >= 0.3 is 5.97 Å².